The van der Waals surface area contributed by atoms with Gasteiger partial charge in [0.05, 0.1) is 24.9 Å². The lowest BCUT2D eigenvalue weighted by atomic mass is 9.75. The molecule has 1 fully saturated rings. The van der Waals surface area contributed by atoms with E-state index in [1.807, 2.05) is 18.2 Å². The smallest absolute Gasteiger partial charge is 0.115 e. The molecular weight excluding hydrogens is 354 g/mol. The summed E-state index contributed by atoms with van der Waals surface area (Å²) in [5.74, 6) is 0.259. The topological polar surface area (TPSA) is 95.9 Å². The number of aryl methyl sites for hydroxylation is 1. The Morgan fingerprint density at radius 1 is 1.07 bits per heavy atom. The van der Waals surface area contributed by atoms with Crippen molar-refractivity contribution in [1.29, 1.82) is 0 Å². The van der Waals surface area contributed by atoms with Crippen molar-refractivity contribution in [3.8, 4) is 5.75 Å². The van der Waals surface area contributed by atoms with Crippen LogP contribution in [0.15, 0.2) is 42.5 Å². The summed E-state index contributed by atoms with van der Waals surface area (Å²) in [6, 6.07) is 13.6. The van der Waals surface area contributed by atoms with Crippen molar-refractivity contribution in [2.45, 2.75) is 57.3 Å². The maximum Gasteiger partial charge on any atom is 0.115 e. The van der Waals surface area contributed by atoms with Crippen LogP contribution in [0.25, 0.3) is 0 Å². The van der Waals surface area contributed by atoms with Crippen LogP contribution in [0.2, 0.25) is 0 Å². The fourth-order valence-electron chi connectivity index (χ4n) is 3.87. The van der Waals surface area contributed by atoms with Crippen LogP contribution in [0.4, 0.5) is 0 Å². The molecule has 1 saturated heterocycles. The molecule has 0 aliphatic carbocycles. The highest BCUT2D eigenvalue weighted by Gasteiger charge is 2.31. The zero-order valence-electron chi connectivity index (χ0n) is 17.2. The van der Waals surface area contributed by atoms with Gasteiger partial charge in [-0.1, -0.05) is 44.2 Å². The van der Waals surface area contributed by atoms with Crippen LogP contribution >= 0.6 is 0 Å². The molecule has 0 aromatic heterocycles. The molecule has 1 aliphatic rings. The van der Waals surface area contributed by atoms with Crippen LogP contribution in [0.3, 0.4) is 0 Å². The summed E-state index contributed by atoms with van der Waals surface area (Å²) >= 11 is 0. The summed E-state index contributed by atoms with van der Waals surface area (Å²) < 4.78 is 5.98. The zero-order chi connectivity index (χ0) is 20.9. The van der Waals surface area contributed by atoms with Crippen molar-refractivity contribution in [2.24, 2.45) is 5.73 Å². The van der Waals surface area contributed by atoms with Crippen LogP contribution in [-0.2, 0) is 10.2 Å². The van der Waals surface area contributed by atoms with E-state index in [4.69, 9.17) is 4.74 Å². The summed E-state index contributed by atoms with van der Waals surface area (Å²) in [5, 5.41) is 29.1. The van der Waals surface area contributed by atoms with Gasteiger partial charge in [-0.2, -0.15) is 0 Å². The van der Waals surface area contributed by atoms with Gasteiger partial charge in [-0.3, -0.25) is 0 Å². The van der Waals surface area contributed by atoms with E-state index in [1.54, 1.807) is 12.1 Å². The monoisotopic (exact) mass is 387 g/mol. The van der Waals surface area contributed by atoms with Crippen LogP contribution in [0, 0.1) is 6.92 Å². The molecule has 2 aromatic rings. The highest BCUT2D eigenvalue weighted by Crippen LogP contribution is 2.38. The predicted octanol–water partition coefficient (Wildman–Crippen LogP) is 3.17. The summed E-state index contributed by atoms with van der Waals surface area (Å²) in [7, 11) is 1.50. The van der Waals surface area contributed by atoms with E-state index in [0.29, 0.717) is 12.8 Å². The Hall–Kier alpha value is -1.92. The third-order valence-corrected chi connectivity index (χ3v) is 5.48. The molecule has 1 aliphatic heterocycles. The molecule has 0 amide bonds. The minimum Gasteiger partial charge on any atom is -0.508 e. The van der Waals surface area contributed by atoms with E-state index in [0.717, 1.165) is 11.1 Å². The maximum atomic E-state index is 10.1. The fourth-order valence-corrected chi connectivity index (χ4v) is 3.87. The molecule has 0 bridgehead atoms. The van der Waals surface area contributed by atoms with Crippen LogP contribution in [0.5, 0.6) is 5.75 Å². The van der Waals surface area contributed by atoms with E-state index in [-0.39, 0.29) is 30.0 Å². The average Bonchev–Trinajstić information content (AvgIpc) is 2.69. The highest BCUT2D eigenvalue weighted by molar-refractivity contribution is 5.45. The van der Waals surface area contributed by atoms with Crippen LogP contribution < -0.4 is 5.73 Å². The Labute approximate surface area is 167 Å². The molecule has 5 nitrogen and oxygen atoms in total. The summed E-state index contributed by atoms with van der Waals surface area (Å²) in [5.41, 5.74) is 8.77. The van der Waals surface area contributed by atoms with Crippen molar-refractivity contribution in [2.75, 3.05) is 13.7 Å². The van der Waals surface area contributed by atoms with Gasteiger partial charge in [0.2, 0.25) is 0 Å². The first kappa shape index (κ1) is 22.4. The second kappa shape index (κ2) is 9.52. The third kappa shape index (κ3) is 4.92. The van der Waals surface area contributed by atoms with Gasteiger partial charge in [0, 0.05) is 18.3 Å². The number of aliphatic hydroxyl groups is 2. The Balaban J connectivity index is 0.00000136. The number of nitrogens with two attached hydrogens (primary N) is 1. The molecule has 2 aromatic carbocycles. The number of aliphatic hydroxyl groups excluding tert-OH is 2. The lowest BCUT2D eigenvalue weighted by Gasteiger charge is -2.34. The molecule has 1 heterocycles. The van der Waals surface area contributed by atoms with Gasteiger partial charge >= 0.3 is 0 Å². The molecular formula is C23H33NO4. The molecule has 0 radical (unpaired) electrons. The largest absolute Gasteiger partial charge is 0.508 e. The number of aromatic hydroxyl groups is 1. The Kier molecular flexibility index (Phi) is 7.61. The molecule has 0 spiro atoms. The minimum atomic E-state index is -0.458. The molecule has 5 N–H and O–H groups in total. The second-order valence-electron chi connectivity index (χ2n) is 7.80. The minimum absolute atomic E-state index is 0.0781. The number of phenols is 1. The predicted molar refractivity (Wildman–Crippen MR) is 111 cm³/mol. The van der Waals surface area contributed by atoms with E-state index in [9.17, 15) is 15.3 Å². The van der Waals surface area contributed by atoms with Gasteiger partial charge in [-0.15, -0.1) is 0 Å². The zero-order valence-corrected chi connectivity index (χ0v) is 17.2. The number of ether oxygens (including phenoxy) is 1. The first-order valence-corrected chi connectivity index (χ1v) is 9.74. The van der Waals surface area contributed by atoms with Gasteiger partial charge in [0.1, 0.15) is 5.75 Å². The number of phenolic OH excluding ortho intramolecular Hbond substituents is 1. The normalized spacial score (nSPS) is 22.3. The van der Waals surface area contributed by atoms with Crippen molar-refractivity contribution in [3.63, 3.8) is 0 Å². The Bertz CT molecular complexity index is 758. The van der Waals surface area contributed by atoms with Crippen molar-refractivity contribution in [3.05, 3.63) is 64.7 Å². The van der Waals surface area contributed by atoms with Gasteiger partial charge in [-0.25, -0.2) is 0 Å². The van der Waals surface area contributed by atoms with Gasteiger partial charge in [0.25, 0.3) is 0 Å². The maximum absolute atomic E-state index is 10.1. The summed E-state index contributed by atoms with van der Waals surface area (Å²) in [6.07, 6.45) is 0.0221. The molecule has 5 heteroatoms. The first-order chi connectivity index (χ1) is 13.3. The van der Waals surface area contributed by atoms with Crippen LogP contribution in [-0.4, -0.2) is 41.2 Å². The van der Waals surface area contributed by atoms with Crippen molar-refractivity contribution < 1.29 is 20.1 Å². The molecule has 154 valence electrons. The molecule has 28 heavy (non-hydrogen) atoms. The number of rotatable bonds is 4. The molecule has 3 atom stereocenters. The fraction of sp³-hybridized carbons (Fsp3) is 0.478. The van der Waals surface area contributed by atoms with E-state index >= 15 is 0 Å². The number of benzene rings is 2. The highest BCUT2D eigenvalue weighted by atomic mass is 16.5. The van der Waals surface area contributed by atoms with Gasteiger partial charge < -0.3 is 25.8 Å². The lowest BCUT2D eigenvalue weighted by molar-refractivity contribution is -0.113. The van der Waals surface area contributed by atoms with E-state index in [2.05, 4.69) is 38.6 Å². The number of hydrogen-bond donors (Lipinski definition) is 4. The lowest BCUT2D eigenvalue weighted by Crippen LogP contribution is -2.33. The molecule has 3 unspecified atom stereocenters. The van der Waals surface area contributed by atoms with Gasteiger partial charge in [-0.05, 0) is 48.4 Å². The van der Waals surface area contributed by atoms with Crippen molar-refractivity contribution in [1.82, 2.24) is 0 Å². The standard InChI is InChI=1S/C22H28O4.CH5N/c1-14-4-5-15(21-12-18(25)11-19(13-23)26-21)10-20(14)22(2,3)16-6-8-17(24)9-7-16;1-2/h4-10,18-19,21,23-25H,11-13H2,1-3H3;2H2,1H3. The van der Waals surface area contributed by atoms with E-state index in [1.165, 1.54) is 18.2 Å². The summed E-state index contributed by atoms with van der Waals surface area (Å²) in [6.45, 7) is 6.34. The SMILES string of the molecule is CN.Cc1ccc(C2CC(O)CC(CO)O2)cc1C(C)(C)c1ccc(O)cc1. The molecule has 0 saturated carbocycles. The van der Waals surface area contributed by atoms with E-state index < -0.39 is 6.10 Å². The number of hydrogen-bond acceptors (Lipinski definition) is 5. The van der Waals surface area contributed by atoms with Crippen LogP contribution in [0.1, 0.15) is 55.0 Å². The first-order valence-electron chi connectivity index (χ1n) is 9.74. The molecule has 3 rings (SSSR count). The Morgan fingerprint density at radius 2 is 1.71 bits per heavy atom. The average molecular weight is 388 g/mol. The van der Waals surface area contributed by atoms with Gasteiger partial charge in [0.15, 0.2) is 0 Å². The quantitative estimate of drug-likeness (QED) is 0.646. The third-order valence-electron chi connectivity index (χ3n) is 5.48. The second-order valence-corrected chi connectivity index (χ2v) is 7.80. The Morgan fingerprint density at radius 3 is 2.32 bits per heavy atom. The summed E-state index contributed by atoms with van der Waals surface area (Å²) in [4.78, 5) is 0. The van der Waals surface area contributed by atoms with Crippen molar-refractivity contribution >= 4 is 0 Å².